The lowest BCUT2D eigenvalue weighted by atomic mass is 9.47. The van der Waals surface area contributed by atoms with Crippen LogP contribution in [0.25, 0.3) is 0 Å². The molecule has 2 unspecified atom stereocenters. The summed E-state index contributed by atoms with van der Waals surface area (Å²) in [5, 5.41) is 14.7. The smallest absolute Gasteiger partial charge is 0.293 e. The summed E-state index contributed by atoms with van der Waals surface area (Å²) in [6.45, 7) is 0. The number of nitro benzene ring substituents is 1. The van der Waals surface area contributed by atoms with Crippen LogP contribution in [-0.4, -0.2) is 36.7 Å². The summed E-state index contributed by atoms with van der Waals surface area (Å²) in [6.07, 6.45) is 5.21. The number of thiol groups is 1. The van der Waals surface area contributed by atoms with Crippen molar-refractivity contribution in [3.8, 4) is 0 Å². The Labute approximate surface area is 193 Å². The number of benzene rings is 1. The Bertz CT molecular complexity index is 1080. The fraction of sp³-hybridized carbons (Fsp3) is 0.636. The SMILES string of the molecule is NC(=O)C12CC3CC(C1)C(NC(=O)C1(N(c4ccccc4[N+](=O)[O-])[SH](=O)=O)CCC1)C(C3)C2. The number of nitrogens with zero attached hydrogens (tertiary/aromatic N) is 2. The number of carbonyl (C=O) groups excluding carboxylic acids is 2. The highest BCUT2D eigenvalue weighted by Crippen LogP contribution is 2.60. The lowest BCUT2D eigenvalue weighted by Crippen LogP contribution is -2.68. The first-order chi connectivity index (χ1) is 15.7. The molecule has 0 radical (unpaired) electrons. The molecule has 2 amide bonds. The molecule has 0 heterocycles. The highest BCUT2D eigenvalue weighted by molar-refractivity contribution is 7.74. The fourth-order valence-electron chi connectivity index (χ4n) is 7.17. The molecule has 11 heteroatoms. The Balaban J connectivity index is 1.44. The molecule has 4 bridgehead atoms. The average Bonchev–Trinajstić information content (AvgIpc) is 2.72. The first-order valence-corrected chi connectivity index (χ1v) is 12.6. The van der Waals surface area contributed by atoms with E-state index in [1.54, 1.807) is 0 Å². The van der Waals surface area contributed by atoms with Crippen molar-refractivity contribution in [2.45, 2.75) is 62.9 Å². The van der Waals surface area contributed by atoms with E-state index in [2.05, 4.69) is 5.32 Å². The van der Waals surface area contributed by atoms with Crippen LogP contribution in [0.3, 0.4) is 0 Å². The number of carbonyl (C=O) groups is 2. The molecule has 3 N–H and O–H groups in total. The second-order valence-electron chi connectivity index (χ2n) is 10.3. The van der Waals surface area contributed by atoms with Gasteiger partial charge in [-0.1, -0.05) is 12.1 Å². The van der Waals surface area contributed by atoms with Crippen LogP contribution in [0.1, 0.15) is 51.4 Å². The monoisotopic (exact) mass is 476 g/mol. The Morgan fingerprint density at radius 3 is 2.27 bits per heavy atom. The Morgan fingerprint density at radius 2 is 1.76 bits per heavy atom. The maximum atomic E-state index is 13.7. The Morgan fingerprint density at radius 1 is 1.12 bits per heavy atom. The van der Waals surface area contributed by atoms with Crippen molar-refractivity contribution in [2.75, 3.05) is 4.31 Å². The molecule has 6 rings (SSSR count). The number of para-hydroxylation sites is 2. The second-order valence-corrected chi connectivity index (χ2v) is 11.2. The first-order valence-electron chi connectivity index (χ1n) is 11.5. The molecule has 2 atom stereocenters. The molecular formula is C22H28N4O6S. The van der Waals surface area contributed by atoms with E-state index < -0.39 is 32.7 Å². The molecule has 0 aliphatic heterocycles. The highest BCUT2D eigenvalue weighted by Gasteiger charge is 2.60. The molecule has 5 aliphatic rings. The molecule has 1 aromatic rings. The number of anilines is 1. The number of primary amides is 1. The number of nitrogens with one attached hydrogen (secondary N) is 1. The lowest BCUT2D eigenvalue weighted by molar-refractivity contribution is -0.384. The maximum absolute atomic E-state index is 13.7. The second kappa shape index (κ2) is 7.68. The van der Waals surface area contributed by atoms with E-state index in [0.717, 1.165) is 23.6 Å². The molecule has 0 saturated heterocycles. The van der Waals surface area contributed by atoms with E-state index in [4.69, 9.17) is 5.73 Å². The minimum absolute atomic E-state index is 0.0915. The average molecular weight is 477 g/mol. The van der Waals surface area contributed by atoms with Gasteiger partial charge in [0.25, 0.3) is 5.69 Å². The van der Waals surface area contributed by atoms with Gasteiger partial charge in [-0.25, -0.2) is 12.7 Å². The minimum atomic E-state index is -3.30. The van der Waals surface area contributed by atoms with Gasteiger partial charge in [0.05, 0.1) is 4.92 Å². The summed E-state index contributed by atoms with van der Waals surface area (Å²) in [4.78, 5) is 36.8. The minimum Gasteiger partial charge on any atom is -0.369 e. The van der Waals surface area contributed by atoms with E-state index in [1.165, 1.54) is 24.3 Å². The normalized spacial score (nSPS) is 33.4. The molecule has 0 aromatic heterocycles. The molecule has 10 nitrogen and oxygen atoms in total. The fourth-order valence-corrected chi connectivity index (χ4v) is 8.12. The van der Waals surface area contributed by atoms with E-state index in [0.29, 0.717) is 38.0 Å². The summed E-state index contributed by atoms with van der Waals surface area (Å²) < 4.78 is 25.7. The highest BCUT2D eigenvalue weighted by atomic mass is 32.2. The van der Waals surface area contributed by atoms with Gasteiger partial charge in [0.1, 0.15) is 11.2 Å². The van der Waals surface area contributed by atoms with Gasteiger partial charge in [-0.2, -0.15) is 0 Å². The van der Waals surface area contributed by atoms with Gasteiger partial charge in [-0.05, 0) is 75.2 Å². The first kappa shape index (κ1) is 22.1. The van der Waals surface area contributed by atoms with Gasteiger partial charge < -0.3 is 11.1 Å². The van der Waals surface area contributed by atoms with Crippen molar-refractivity contribution < 1.29 is 22.9 Å². The van der Waals surface area contributed by atoms with Crippen LogP contribution in [0.5, 0.6) is 0 Å². The topological polar surface area (TPSA) is 153 Å². The zero-order valence-electron chi connectivity index (χ0n) is 18.1. The molecule has 0 spiro atoms. The zero-order valence-corrected chi connectivity index (χ0v) is 19.0. The van der Waals surface area contributed by atoms with Crippen molar-refractivity contribution in [1.29, 1.82) is 0 Å². The summed E-state index contributed by atoms with van der Waals surface area (Å²) in [6, 6.07) is 5.47. The predicted octanol–water partition coefficient (Wildman–Crippen LogP) is 1.65. The van der Waals surface area contributed by atoms with Crippen LogP contribution >= 0.6 is 0 Å². The number of rotatable bonds is 7. The van der Waals surface area contributed by atoms with Gasteiger partial charge in [0.15, 0.2) is 0 Å². The van der Waals surface area contributed by atoms with Crippen molar-refractivity contribution in [3.63, 3.8) is 0 Å². The number of amides is 2. The third-order valence-corrected chi connectivity index (χ3v) is 9.50. The van der Waals surface area contributed by atoms with E-state index in [1.807, 2.05) is 0 Å². The Kier molecular flexibility index (Phi) is 5.15. The molecule has 33 heavy (non-hydrogen) atoms. The van der Waals surface area contributed by atoms with E-state index >= 15 is 0 Å². The van der Waals surface area contributed by atoms with Gasteiger partial charge in [-0.3, -0.25) is 19.7 Å². The van der Waals surface area contributed by atoms with Gasteiger partial charge in [0, 0.05) is 17.5 Å². The summed E-state index contributed by atoms with van der Waals surface area (Å²) in [7, 11) is -3.30. The summed E-state index contributed by atoms with van der Waals surface area (Å²) in [5.41, 5.74) is 3.45. The quantitative estimate of drug-likeness (QED) is 0.309. The van der Waals surface area contributed by atoms with Crippen molar-refractivity contribution in [2.24, 2.45) is 28.9 Å². The van der Waals surface area contributed by atoms with Crippen LogP contribution < -0.4 is 15.4 Å². The number of nitro groups is 1. The van der Waals surface area contributed by atoms with Gasteiger partial charge in [0.2, 0.25) is 22.7 Å². The number of nitrogens with two attached hydrogens (primary N) is 1. The standard InChI is InChI=1S/C22H28N4O6S/c23-19(27)21-10-13-8-14(11-21)18(15(9-13)12-21)24-20(28)22(6-3-7-22)25(33(31)32)16-4-1-2-5-17(16)26(29)30/h1-2,4-5,13-15,18,33H,3,6-12H2,(H2,23,27)(H,24,28). The third-order valence-electron chi connectivity index (χ3n) is 8.57. The van der Waals surface area contributed by atoms with Crippen LogP contribution in [0.15, 0.2) is 24.3 Å². The van der Waals surface area contributed by atoms with Crippen molar-refractivity contribution >= 4 is 34.1 Å². The molecule has 1 aromatic carbocycles. The summed E-state index contributed by atoms with van der Waals surface area (Å²) >= 11 is 0. The van der Waals surface area contributed by atoms with Crippen molar-refractivity contribution in [1.82, 2.24) is 5.32 Å². The van der Waals surface area contributed by atoms with E-state index in [-0.39, 0.29) is 35.2 Å². The Hall–Kier alpha value is -2.69. The van der Waals surface area contributed by atoms with Crippen LogP contribution in [0.2, 0.25) is 0 Å². The van der Waals surface area contributed by atoms with Crippen molar-refractivity contribution in [3.05, 3.63) is 34.4 Å². The van der Waals surface area contributed by atoms with Crippen LogP contribution in [-0.2, 0) is 20.5 Å². The molecule has 5 aliphatic carbocycles. The van der Waals surface area contributed by atoms with Gasteiger partial charge in [-0.15, -0.1) is 0 Å². The predicted molar refractivity (Wildman–Crippen MR) is 120 cm³/mol. The number of hydrogen-bond donors (Lipinski definition) is 3. The zero-order chi connectivity index (χ0) is 23.5. The molecule has 178 valence electrons. The largest absolute Gasteiger partial charge is 0.369 e. The molecular weight excluding hydrogens is 448 g/mol. The summed E-state index contributed by atoms with van der Waals surface area (Å²) in [5.74, 6) is 0.0286. The van der Waals surface area contributed by atoms with Crippen LogP contribution in [0.4, 0.5) is 11.4 Å². The van der Waals surface area contributed by atoms with Crippen LogP contribution in [0, 0.1) is 33.3 Å². The maximum Gasteiger partial charge on any atom is 0.293 e. The third kappa shape index (κ3) is 3.31. The lowest BCUT2D eigenvalue weighted by Gasteiger charge is -2.59. The molecule has 5 saturated carbocycles. The van der Waals surface area contributed by atoms with Gasteiger partial charge >= 0.3 is 0 Å². The van der Waals surface area contributed by atoms with E-state index in [9.17, 15) is 28.1 Å². The molecule has 5 fully saturated rings. The number of hydrogen-bond acceptors (Lipinski definition) is 6.